The van der Waals surface area contributed by atoms with Gasteiger partial charge >= 0.3 is 0 Å². The number of likely N-dealkylation sites (N-methyl/N-ethyl adjacent to an activating group) is 1. The summed E-state index contributed by atoms with van der Waals surface area (Å²) in [5.41, 5.74) is 2.39. The molecule has 4 rings (SSSR count). The van der Waals surface area contributed by atoms with Gasteiger partial charge in [-0.15, -0.1) is 23.7 Å². The highest BCUT2D eigenvalue weighted by Gasteiger charge is 2.40. The third-order valence-corrected chi connectivity index (χ3v) is 6.30. The molecule has 25 heavy (non-hydrogen) atoms. The second-order valence-corrected chi connectivity index (χ2v) is 7.46. The van der Waals surface area contributed by atoms with Crippen molar-refractivity contribution >= 4 is 29.7 Å². The molecule has 1 amide bonds. The van der Waals surface area contributed by atoms with Crippen LogP contribution < -0.4 is 10.6 Å². The molecule has 2 aliphatic heterocycles. The maximum Gasteiger partial charge on any atom is 0.241 e. The number of amides is 1. The number of nitrogens with zero attached hydrogens (tertiary/aromatic N) is 2. The Bertz CT molecular complexity index is 752. The number of carbonyl (C=O) groups is 1. The van der Waals surface area contributed by atoms with Gasteiger partial charge in [0.1, 0.15) is 12.1 Å². The molecule has 2 aliphatic rings. The number of halogens is 1. The van der Waals surface area contributed by atoms with E-state index >= 15 is 0 Å². The predicted octanol–water partition coefficient (Wildman–Crippen LogP) is 1.93. The van der Waals surface area contributed by atoms with Crippen molar-refractivity contribution in [1.29, 1.82) is 0 Å². The van der Waals surface area contributed by atoms with Crippen molar-refractivity contribution in [1.82, 2.24) is 20.4 Å². The Morgan fingerprint density at radius 1 is 1.48 bits per heavy atom. The minimum Gasteiger partial charge on any atom is -0.369 e. The molecule has 2 aromatic rings. The van der Waals surface area contributed by atoms with Crippen LogP contribution >= 0.6 is 23.7 Å². The maximum absolute atomic E-state index is 11.5. The molecule has 0 saturated carbocycles. The van der Waals surface area contributed by atoms with Crippen LogP contribution in [0.3, 0.4) is 0 Å². The van der Waals surface area contributed by atoms with Crippen molar-refractivity contribution in [2.75, 3.05) is 26.7 Å². The summed E-state index contributed by atoms with van der Waals surface area (Å²) in [5, 5.41) is 10.4. The van der Waals surface area contributed by atoms with Crippen LogP contribution in [-0.2, 0) is 28.1 Å². The third-order valence-electron chi connectivity index (χ3n) is 4.89. The van der Waals surface area contributed by atoms with Crippen molar-refractivity contribution in [3.05, 3.63) is 28.9 Å². The summed E-state index contributed by atoms with van der Waals surface area (Å²) in [6, 6.07) is 2.29. The summed E-state index contributed by atoms with van der Waals surface area (Å²) in [7, 11) is 1.64. The largest absolute Gasteiger partial charge is 0.369 e. The molecule has 0 aromatic carbocycles. The SMILES string of the molecule is CNC(=O)Cn1cc(-c2cc3c(s2)C2(CCNCC2)OCC3)cn1.Cl. The van der Waals surface area contributed by atoms with Crippen molar-refractivity contribution < 1.29 is 9.53 Å². The van der Waals surface area contributed by atoms with E-state index in [-0.39, 0.29) is 30.5 Å². The van der Waals surface area contributed by atoms with Gasteiger partial charge in [0.15, 0.2) is 0 Å². The van der Waals surface area contributed by atoms with E-state index in [4.69, 9.17) is 4.74 Å². The molecule has 0 unspecified atom stereocenters. The molecule has 0 bridgehead atoms. The van der Waals surface area contributed by atoms with Crippen LogP contribution in [0.1, 0.15) is 23.3 Å². The molecule has 136 valence electrons. The lowest BCUT2D eigenvalue weighted by atomic mass is 9.86. The first-order valence-corrected chi connectivity index (χ1v) is 9.23. The Labute approximate surface area is 157 Å². The summed E-state index contributed by atoms with van der Waals surface area (Å²) >= 11 is 1.83. The minimum atomic E-state index is -0.0974. The smallest absolute Gasteiger partial charge is 0.241 e. The fraction of sp³-hybridized carbons (Fsp3) is 0.529. The molecule has 0 radical (unpaired) electrons. The van der Waals surface area contributed by atoms with E-state index in [9.17, 15) is 4.79 Å². The van der Waals surface area contributed by atoms with E-state index in [1.807, 2.05) is 23.7 Å². The van der Waals surface area contributed by atoms with Gasteiger partial charge in [0.2, 0.25) is 5.91 Å². The third kappa shape index (κ3) is 3.46. The molecule has 1 fully saturated rings. The fourth-order valence-corrected chi connectivity index (χ4v) is 4.96. The molecule has 2 aromatic heterocycles. The average molecular weight is 383 g/mol. The molecule has 1 spiro atoms. The van der Waals surface area contributed by atoms with Crippen LogP contribution in [0.5, 0.6) is 0 Å². The van der Waals surface area contributed by atoms with Crippen LogP contribution in [0.2, 0.25) is 0 Å². The number of hydrogen-bond donors (Lipinski definition) is 2. The second kappa shape index (κ2) is 7.45. The van der Waals surface area contributed by atoms with E-state index in [1.165, 1.54) is 15.3 Å². The number of carbonyl (C=O) groups excluding carboxylic acids is 1. The maximum atomic E-state index is 11.5. The number of ether oxygens (including phenoxy) is 1. The molecule has 0 aliphatic carbocycles. The molecular weight excluding hydrogens is 360 g/mol. The zero-order valence-corrected chi connectivity index (χ0v) is 15.8. The summed E-state index contributed by atoms with van der Waals surface area (Å²) in [6.45, 7) is 3.08. The van der Waals surface area contributed by atoms with Crippen LogP contribution in [0.25, 0.3) is 10.4 Å². The topological polar surface area (TPSA) is 68.2 Å². The number of thiophene rings is 1. The molecule has 6 nitrogen and oxygen atoms in total. The van der Waals surface area contributed by atoms with E-state index in [0.29, 0.717) is 0 Å². The van der Waals surface area contributed by atoms with Gasteiger partial charge in [-0.1, -0.05) is 0 Å². The average Bonchev–Trinajstić information content (AvgIpc) is 3.23. The lowest BCUT2D eigenvalue weighted by Crippen LogP contribution is -2.43. The highest BCUT2D eigenvalue weighted by molar-refractivity contribution is 7.15. The van der Waals surface area contributed by atoms with Crippen molar-refractivity contribution in [3.8, 4) is 10.4 Å². The Kier molecular flexibility index (Phi) is 5.48. The molecule has 4 heterocycles. The number of rotatable bonds is 3. The molecule has 8 heteroatoms. The van der Waals surface area contributed by atoms with Crippen LogP contribution in [0.15, 0.2) is 18.5 Å². The summed E-state index contributed by atoms with van der Waals surface area (Å²) in [5.74, 6) is -0.0443. The van der Waals surface area contributed by atoms with Gasteiger partial charge in [-0.2, -0.15) is 5.10 Å². The zero-order chi connectivity index (χ0) is 16.6. The van der Waals surface area contributed by atoms with Gasteiger partial charge in [0.05, 0.1) is 12.8 Å². The highest BCUT2D eigenvalue weighted by atomic mass is 35.5. The van der Waals surface area contributed by atoms with E-state index in [0.717, 1.165) is 44.5 Å². The number of aromatic nitrogens is 2. The Morgan fingerprint density at radius 2 is 2.28 bits per heavy atom. The van der Waals surface area contributed by atoms with Crippen molar-refractivity contribution in [3.63, 3.8) is 0 Å². The van der Waals surface area contributed by atoms with Gasteiger partial charge in [0.25, 0.3) is 0 Å². The minimum absolute atomic E-state index is 0. The van der Waals surface area contributed by atoms with Crippen molar-refractivity contribution in [2.24, 2.45) is 0 Å². The molecule has 1 saturated heterocycles. The normalized spacial score (nSPS) is 18.4. The summed E-state index contributed by atoms with van der Waals surface area (Å²) in [4.78, 5) is 14.1. The molecule has 2 N–H and O–H groups in total. The summed E-state index contributed by atoms with van der Waals surface area (Å²) < 4.78 is 7.94. The molecular formula is C17H23ClN4O2S. The Morgan fingerprint density at radius 3 is 3.04 bits per heavy atom. The summed E-state index contributed by atoms with van der Waals surface area (Å²) in [6.07, 6.45) is 6.85. The predicted molar refractivity (Wildman–Crippen MR) is 100 cm³/mol. The van der Waals surface area contributed by atoms with E-state index < -0.39 is 0 Å². The first-order valence-electron chi connectivity index (χ1n) is 8.41. The standard InChI is InChI=1S/C17H22N4O2S.ClH/c1-18-15(22)11-21-10-13(9-20-21)14-8-12-2-7-23-17(16(12)24-14)3-5-19-6-4-17;/h8-10,19H,2-7,11H2,1H3,(H,18,22);1H. The monoisotopic (exact) mass is 382 g/mol. The number of piperidine rings is 1. The highest BCUT2D eigenvalue weighted by Crippen LogP contribution is 2.46. The van der Waals surface area contributed by atoms with Gasteiger partial charge in [0, 0.05) is 28.6 Å². The van der Waals surface area contributed by atoms with E-state index in [2.05, 4.69) is 21.8 Å². The number of fused-ring (bicyclic) bond motifs is 2. The van der Waals surface area contributed by atoms with Crippen molar-refractivity contribution in [2.45, 2.75) is 31.4 Å². The Hall–Kier alpha value is -1.41. The van der Waals surface area contributed by atoms with Gasteiger partial charge in [-0.25, -0.2) is 0 Å². The van der Waals surface area contributed by atoms with Gasteiger partial charge in [-0.05, 0) is 44.0 Å². The number of hydrogen-bond acceptors (Lipinski definition) is 5. The van der Waals surface area contributed by atoms with E-state index in [1.54, 1.807) is 11.7 Å². The van der Waals surface area contributed by atoms with Crippen LogP contribution in [-0.4, -0.2) is 42.4 Å². The van der Waals surface area contributed by atoms with Gasteiger partial charge in [-0.3, -0.25) is 9.48 Å². The van der Waals surface area contributed by atoms with Gasteiger partial charge < -0.3 is 15.4 Å². The van der Waals surface area contributed by atoms with Crippen LogP contribution in [0, 0.1) is 0 Å². The second-order valence-electron chi connectivity index (χ2n) is 6.41. The lowest BCUT2D eigenvalue weighted by Gasteiger charge is -2.40. The van der Waals surface area contributed by atoms with Crippen LogP contribution in [0.4, 0.5) is 0 Å². The fourth-order valence-electron chi connectivity index (χ4n) is 3.57. The molecule has 0 atom stereocenters. The number of nitrogens with one attached hydrogen (secondary N) is 2. The first-order chi connectivity index (χ1) is 11.7. The lowest BCUT2D eigenvalue weighted by molar-refractivity contribution is -0.121. The zero-order valence-electron chi connectivity index (χ0n) is 14.2. The first kappa shape index (κ1) is 18.4. The quantitative estimate of drug-likeness (QED) is 0.851. The Balaban J connectivity index is 0.00000182.